The molecule has 0 saturated heterocycles. The van der Waals surface area contributed by atoms with Crippen molar-refractivity contribution in [2.24, 2.45) is 5.73 Å². The summed E-state index contributed by atoms with van der Waals surface area (Å²) in [6.07, 6.45) is 2.50. The first-order valence-electron chi connectivity index (χ1n) is 5.17. The maximum atomic E-state index is 5.69. The molecule has 0 amide bonds. The SMILES string of the molecule is CCCC(CN)OC(C)COCC. The average Bonchev–Trinajstić information content (AvgIpc) is 2.14. The molecule has 0 fully saturated rings. The zero-order valence-corrected chi connectivity index (χ0v) is 9.08. The number of rotatable bonds is 8. The Balaban J connectivity index is 3.53. The van der Waals surface area contributed by atoms with Crippen molar-refractivity contribution in [2.75, 3.05) is 19.8 Å². The summed E-state index contributed by atoms with van der Waals surface area (Å²) in [7, 11) is 0. The van der Waals surface area contributed by atoms with Crippen LogP contribution in [0.2, 0.25) is 0 Å². The molecular formula is C10H23NO2. The average molecular weight is 189 g/mol. The van der Waals surface area contributed by atoms with Crippen LogP contribution < -0.4 is 5.73 Å². The Labute approximate surface area is 81.6 Å². The quantitative estimate of drug-likeness (QED) is 0.630. The first-order chi connectivity index (χ1) is 6.24. The molecular weight excluding hydrogens is 166 g/mol. The summed E-state index contributed by atoms with van der Waals surface area (Å²) in [6.45, 7) is 8.15. The fourth-order valence-electron chi connectivity index (χ4n) is 1.22. The molecule has 3 nitrogen and oxygen atoms in total. The van der Waals surface area contributed by atoms with Crippen molar-refractivity contribution in [3.05, 3.63) is 0 Å². The van der Waals surface area contributed by atoms with Crippen molar-refractivity contribution in [3.8, 4) is 0 Å². The molecule has 0 heterocycles. The van der Waals surface area contributed by atoms with Crippen LogP contribution in [-0.4, -0.2) is 32.0 Å². The fourth-order valence-corrected chi connectivity index (χ4v) is 1.22. The van der Waals surface area contributed by atoms with E-state index in [-0.39, 0.29) is 12.2 Å². The van der Waals surface area contributed by atoms with E-state index in [0.717, 1.165) is 19.4 Å². The lowest BCUT2D eigenvalue weighted by molar-refractivity contribution is -0.0454. The van der Waals surface area contributed by atoms with E-state index < -0.39 is 0 Å². The molecule has 0 aliphatic rings. The molecule has 0 bridgehead atoms. The standard InChI is InChI=1S/C10H23NO2/c1-4-6-10(7-11)13-9(3)8-12-5-2/h9-10H,4-8,11H2,1-3H3. The molecule has 0 spiro atoms. The predicted octanol–water partition coefficient (Wildman–Crippen LogP) is 1.56. The maximum Gasteiger partial charge on any atom is 0.0784 e. The van der Waals surface area contributed by atoms with Gasteiger partial charge in [0.05, 0.1) is 18.8 Å². The number of hydrogen-bond donors (Lipinski definition) is 1. The Kier molecular flexibility index (Phi) is 8.40. The summed E-state index contributed by atoms with van der Waals surface area (Å²) >= 11 is 0. The van der Waals surface area contributed by atoms with Crippen molar-refractivity contribution in [3.63, 3.8) is 0 Å². The van der Waals surface area contributed by atoms with Crippen LogP contribution >= 0.6 is 0 Å². The zero-order valence-electron chi connectivity index (χ0n) is 9.08. The number of ether oxygens (including phenoxy) is 2. The van der Waals surface area contributed by atoms with Gasteiger partial charge < -0.3 is 15.2 Å². The summed E-state index contributed by atoms with van der Waals surface area (Å²) in [4.78, 5) is 0. The van der Waals surface area contributed by atoms with Gasteiger partial charge in [-0.3, -0.25) is 0 Å². The van der Waals surface area contributed by atoms with Crippen molar-refractivity contribution < 1.29 is 9.47 Å². The minimum absolute atomic E-state index is 0.153. The Morgan fingerprint density at radius 2 is 2.00 bits per heavy atom. The molecule has 2 N–H and O–H groups in total. The lowest BCUT2D eigenvalue weighted by Gasteiger charge is -2.20. The summed E-state index contributed by atoms with van der Waals surface area (Å²) in [5.74, 6) is 0. The Hall–Kier alpha value is -0.120. The van der Waals surface area contributed by atoms with Gasteiger partial charge in [-0.25, -0.2) is 0 Å². The monoisotopic (exact) mass is 189 g/mol. The second-order valence-corrected chi connectivity index (χ2v) is 3.25. The van der Waals surface area contributed by atoms with Crippen LogP contribution in [0.1, 0.15) is 33.6 Å². The first kappa shape index (κ1) is 12.9. The van der Waals surface area contributed by atoms with E-state index in [0.29, 0.717) is 13.2 Å². The second-order valence-electron chi connectivity index (χ2n) is 3.25. The summed E-state index contributed by atoms with van der Waals surface area (Å²) < 4.78 is 10.9. The number of nitrogens with two attached hydrogens (primary N) is 1. The van der Waals surface area contributed by atoms with Gasteiger partial charge in [-0.15, -0.1) is 0 Å². The lowest BCUT2D eigenvalue weighted by atomic mass is 10.2. The Morgan fingerprint density at radius 3 is 2.46 bits per heavy atom. The molecule has 80 valence electrons. The van der Waals surface area contributed by atoms with E-state index in [9.17, 15) is 0 Å². The van der Waals surface area contributed by atoms with E-state index in [1.54, 1.807) is 0 Å². The third-order valence-corrected chi connectivity index (χ3v) is 1.85. The van der Waals surface area contributed by atoms with Gasteiger partial charge in [-0.1, -0.05) is 13.3 Å². The smallest absolute Gasteiger partial charge is 0.0784 e. The third kappa shape index (κ3) is 6.99. The van der Waals surface area contributed by atoms with Gasteiger partial charge in [0, 0.05) is 13.2 Å². The molecule has 0 aromatic carbocycles. The van der Waals surface area contributed by atoms with Crippen LogP contribution in [0.5, 0.6) is 0 Å². The molecule has 0 aliphatic heterocycles. The third-order valence-electron chi connectivity index (χ3n) is 1.85. The van der Waals surface area contributed by atoms with E-state index in [1.807, 2.05) is 13.8 Å². The van der Waals surface area contributed by atoms with Gasteiger partial charge in [0.15, 0.2) is 0 Å². The van der Waals surface area contributed by atoms with Crippen molar-refractivity contribution in [1.82, 2.24) is 0 Å². The summed E-state index contributed by atoms with van der Waals surface area (Å²) in [6, 6.07) is 0. The molecule has 0 rings (SSSR count). The van der Waals surface area contributed by atoms with Gasteiger partial charge >= 0.3 is 0 Å². The fraction of sp³-hybridized carbons (Fsp3) is 1.00. The predicted molar refractivity (Wildman–Crippen MR) is 54.8 cm³/mol. The van der Waals surface area contributed by atoms with E-state index >= 15 is 0 Å². The zero-order chi connectivity index (χ0) is 10.1. The lowest BCUT2D eigenvalue weighted by Crippen LogP contribution is -2.29. The minimum atomic E-state index is 0.153. The summed E-state index contributed by atoms with van der Waals surface area (Å²) in [5, 5.41) is 0. The van der Waals surface area contributed by atoms with E-state index in [1.165, 1.54) is 0 Å². The van der Waals surface area contributed by atoms with Crippen LogP contribution in [-0.2, 0) is 9.47 Å². The van der Waals surface area contributed by atoms with Crippen molar-refractivity contribution in [1.29, 1.82) is 0 Å². The van der Waals surface area contributed by atoms with Crippen LogP contribution in [0, 0.1) is 0 Å². The largest absolute Gasteiger partial charge is 0.379 e. The molecule has 0 aromatic rings. The van der Waals surface area contributed by atoms with Gasteiger partial charge in [0.25, 0.3) is 0 Å². The molecule has 2 atom stereocenters. The highest BCUT2D eigenvalue weighted by Gasteiger charge is 2.10. The topological polar surface area (TPSA) is 44.5 Å². The van der Waals surface area contributed by atoms with E-state index in [4.69, 9.17) is 15.2 Å². The molecule has 0 aromatic heterocycles. The molecule has 3 heteroatoms. The van der Waals surface area contributed by atoms with Gasteiger partial charge in [-0.05, 0) is 20.3 Å². The molecule has 0 radical (unpaired) electrons. The normalized spacial score (nSPS) is 15.7. The highest BCUT2D eigenvalue weighted by atomic mass is 16.5. The van der Waals surface area contributed by atoms with E-state index in [2.05, 4.69) is 6.92 Å². The molecule has 0 saturated carbocycles. The van der Waals surface area contributed by atoms with Gasteiger partial charge in [0.2, 0.25) is 0 Å². The maximum absolute atomic E-state index is 5.69. The second kappa shape index (κ2) is 8.48. The highest BCUT2D eigenvalue weighted by molar-refractivity contribution is 4.60. The highest BCUT2D eigenvalue weighted by Crippen LogP contribution is 2.04. The van der Waals surface area contributed by atoms with Crippen molar-refractivity contribution in [2.45, 2.75) is 45.8 Å². The van der Waals surface area contributed by atoms with Gasteiger partial charge in [-0.2, -0.15) is 0 Å². The molecule has 13 heavy (non-hydrogen) atoms. The first-order valence-corrected chi connectivity index (χ1v) is 5.17. The van der Waals surface area contributed by atoms with Crippen LogP contribution in [0.25, 0.3) is 0 Å². The molecule has 2 unspecified atom stereocenters. The minimum Gasteiger partial charge on any atom is -0.379 e. The Morgan fingerprint density at radius 1 is 1.31 bits per heavy atom. The van der Waals surface area contributed by atoms with Crippen LogP contribution in [0.3, 0.4) is 0 Å². The van der Waals surface area contributed by atoms with Crippen LogP contribution in [0.4, 0.5) is 0 Å². The van der Waals surface area contributed by atoms with Crippen molar-refractivity contribution >= 4 is 0 Å². The van der Waals surface area contributed by atoms with Crippen LogP contribution in [0.15, 0.2) is 0 Å². The number of hydrogen-bond acceptors (Lipinski definition) is 3. The Bertz CT molecular complexity index is 109. The van der Waals surface area contributed by atoms with Gasteiger partial charge in [0.1, 0.15) is 0 Å². The molecule has 0 aliphatic carbocycles. The summed E-state index contributed by atoms with van der Waals surface area (Å²) in [5.41, 5.74) is 5.57.